The number of ether oxygens (including phenoxy) is 1. The second-order valence-corrected chi connectivity index (χ2v) is 4.65. The molecule has 94 valence electrons. The average molecular weight is 243 g/mol. The first-order valence-corrected chi connectivity index (χ1v) is 6.20. The number of rotatable bonds is 3. The third kappa shape index (κ3) is 1.78. The number of imidazole rings is 1. The van der Waals surface area contributed by atoms with E-state index in [9.17, 15) is 0 Å². The van der Waals surface area contributed by atoms with Crippen LogP contribution in [-0.2, 0) is 0 Å². The molecule has 0 aliphatic carbocycles. The normalized spacial score (nSPS) is 15.4. The molecule has 0 amide bonds. The molecule has 0 bridgehead atoms. The van der Waals surface area contributed by atoms with Gasteiger partial charge >= 0.3 is 0 Å². The van der Waals surface area contributed by atoms with Gasteiger partial charge in [-0.15, -0.1) is 0 Å². The van der Waals surface area contributed by atoms with Gasteiger partial charge in [0.1, 0.15) is 11.6 Å². The first-order chi connectivity index (χ1) is 8.79. The lowest BCUT2D eigenvalue weighted by molar-refractivity contribution is 0.416. The van der Waals surface area contributed by atoms with Crippen LogP contribution in [0.5, 0.6) is 5.75 Å². The summed E-state index contributed by atoms with van der Waals surface area (Å²) in [6.45, 7) is 4.08. The Morgan fingerprint density at radius 1 is 1.28 bits per heavy atom. The molecule has 2 N–H and O–H groups in total. The predicted molar refractivity (Wildman–Crippen MR) is 70.9 cm³/mol. The maximum Gasteiger partial charge on any atom is 0.128 e. The van der Waals surface area contributed by atoms with Crippen LogP contribution in [0, 0.1) is 6.92 Å². The Bertz CT molecular complexity index is 558. The van der Waals surface area contributed by atoms with Crippen LogP contribution in [-0.4, -0.2) is 30.2 Å². The van der Waals surface area contributed by atoms with E-state index in [-0.39, 0.29) is 0 Å². The van der Waals surface area contributed by atoms with Crippen molar-refractivity contribution in [2.24, 2.45) is 0 Å². The van der Waals surface area contributed by atoms with E-state index in [0.29, 0.717) is 5.92 Å². The van der Waals surface area contributed by atoms with E-state index in [1.807, 2.05) is 24.3 Å². The second-order valence-electron chi connectivity index (χ2n) is 4.65. The number of para-hydroxylation sites is 1. The Labute approximate surface area is 106 Å². The van der Waals surface area contributed by atoms with Crippen molar-refractivity contribution in [3.63, 3.8) is 0 Å². The van der Waals surface area contributed by atoms with Gasteiger partial charge in [-0.3, -0.25) is 0 Å². The molecule has 0 spiro atoms. The molecule has 1 fully saturated rings. The lowest BCUT2D eigenvalue weighted by Crippen LogP contribution is -2.40. The fraction of sp³-hybridized carbons (Fsp3) is 0.357. The van der Waals surface area contributed by atoms with Crippen LogP contribution in [0.1, 0.15) is 17.4 Å². The highest BCUT2D eigenvalue weighted by Gasteiger charge is 2.23. The number of methoxy groups -OCH3 is 1. The minimum absolute atomic E-state index is 0.521. The summed E-state index contributed by atoms with van der Waals surface area (Å²) in [6, 6.07) is 8.00. The zero-order valence-electron chi connectivity index (χ0n) is 10.7. The van der Waals surface area contributed by atoms with Crippen molar-refractivity contribution >= 4 is 0 Å². The van der Waals surface area contributed by atoms with Crippen molar-refractivity contribution in [2.45, 2.75) is 12.8 Å². The molecule has 3 rings (SSSR count). The van der Waals surface area contributed by atoms with Crippen LogP contribution in [0.3, 0.4) is 0 Å². The molecule has 2 heterocycles. The van der Waals surface area contributed by atoms with E-state index in [0.717, 1.165) is 41.6 Å². The van der Waals surface area contributed by atoms with E-state index in [2.05, 4.69) is 17.2 Å². The predicted octanol–water partition coefficient (Wildman–Crippen LogP) is 2.08. The lowest BCUT2D eigenvalue weighted by Gasteiger charge is -2.24. The highest BCUT2D eigenvalue weighted by atomic mass is 16.5. The largest absolute Gasteiger partial charge is 0.496 e. The summed E-state index contributed by atoms with van der Waals surface area (Å²) in [5.41, 5.74) is 3.14. The number of aromatic nitrogens is 2. The van der Waals surface area contributed by atoms with Gasteiger partial charge in [0, 0.05) is 30.3 Å². The SMILES string of the molecule is COc1ccccc1-c1nc(C2CNC2)[nH]c1C. The summed E-state index contributed by atoms with van der Waals surface area (Å²) in [7, 11) is 1.69. The number of hydrogen-bond acceptors (Lipinski definition) is 3. The van der Waals surface area contributed by atoms with Crippen LogP contribution in [0.25, 0.3) is 11.3 Å². The standard InChI is InChI=1S/C14H17N3O/c1-9-13(11-5-3-4-6-12(11)18-2)17-14(16-9)10-7-15-8-10/h3-6,10,15H,7-8H2,1-2H3,(H,16,17). The first-order valence-electron chi connectivity index (χ1n) is 6.20. The molecule has 0 unspecified atom stereocenters. The van der Waals surface area contributed by atoms with Gasteiger partial charge in [0.2, 0.25) is 0 Å². The van der Waals surface area contributed by atoms with Crippen molar-refractivity contribution in [2.75, 3.05) is 20.2 Å². The second kappa shape index (κ2) is 4.46. The summed E-state index contributed by atoms with van der Waals surface area (Å²) < 4.78 is 5.40. The van der Waals surface area contributed by atoms with Crippen molar-refractivity contribution < 1.29 is 4.74 Å². The number of nitrogens with one attached hydrogen (secondary N) is 2. The van der Waals surface area contributed by atoms with Crippen LogP contribution in [0.2, 0.25) is 0 Å². The number of hydrogen-bond donors (Lipinski definition) is 2. The number of H-pyrrole nitrogens is 1. The summed E-state index contributed by atoms with van der Waals surface area (Å²) in [6.07, 6.45) is 0. The van der Waals surface area contributed by atoms with Gasteiger partial charge < -0.3 is 15.0 Å². The van der Waals surface area contributed by atoms with Gasteiger partial charge in [-0.2, -0.15) is 0 Å². The van der Waals surface area contributed by atoms with E-state index in [1.165, 1.54) is 0 Å². The van der Waals surface area contributed by atoms with E-state index < -0.39 is 0 Å². The van der Waals surface area contributed by atoms with Gasteiger partial charge in [0.15, 0.2) is 0 Å². The minimum Gasteiger partial charge on any atom is -0.496 e. The highest BCUT2D eigenvalue weighted by Crippen LogP contribution is 2.31. The van der Waals surface area contributed by atoms with Crippen molar-refractivity contribution in [3.05, 3.63) is 35.8 Å². The Morgan fingerprint density at radius 3 is 2.72 bits per heavy atom. The molecule has 1 aliphatic rings. The molecule has 4 heteroatoms. The van der Waals surface area contributed by atoms with Gasteiger partial charge in [-0.25, -0.2) is 4.98 Å². The molecule has 1 aliphatic heterocycles. The van der Waals surface area contributed by atoms with Gasteiger partial charge in [0.25, 0.3) is 0 Å². The Balaban J connectivity index is 2.02. The molecule has 4 nitrogen and oxygen atoms in total. The smallest absolute Gasteiger partial charge is 0.128 e. The third-order valence-electron chi connectivity index (χ3n) is 3.43. The van der Waals surface area contributed by atoms with Gasteiger partial charge in [-0.1, -0.05) is 12.1 Å². The van der Waals surface area contributed by atoms with E-state index in [4.69, 9.17) is 9.72 Å². The van der Waals surface area contributed by atoms with Crippen LogP contribution in [0.4, 0.5) is 0 Å². The molecule has 0 saturated carbocycles. The number of aryl methyl sites for hydroxylation is 1. The highest BCUT2D eigenvalue weighted by molar-refractivity contribution is 5.69. The van der Waals surface area contributed by atoms with Crippen LogP contribution in [0.15, 0.2) is 24.3 Å². The quantitative estimate of drug-likeness (QED) is 0.867. The summed E-state index contributed by atoms with van der Waals surface area (Å²) in [5.74, 6) is 2.46. The zero-order chi connectivity index (χ0) is 12.5. The summed E-state index contributed by atoms with van der Waals surface area (Å²) in [5, 5.41) is 3.27. The van der Waals surface area contributed by atoms with E-state index in [1.54, 1.807) is 7.11 Å². The number of nitrogens with zero attached hydrogens (tertiary/aromatic N) is 1. The molecule has 1 aromatic heterocycles. The maximum absolute atomic E-state index is 5.40. The van der Waals surface area contributed by atoms with Crippen LogP contribution >= 0.6 is 0 Å². The number of benzene rings is 1. The fourth-order valence-electron chi connectivity index (χ4n) is 2.26. The molecule has 1 saturated heterocycles. The first kappa shape index (κ1) is 11.3. The van der Waals surface area contributed by atoms with Gasteiger partial charge in [0.05, 0.1) is 12.8 Å². The van der Waals surface area contributed by atoms with Crippen molar-refractivity contribution in [1.82, 2.24) is 15.3 Å². The lowest BCUT2D eigenvalue weighted by atomic mass is 10.0. The topological polar surface area (TPSA) is 49.9 Å². The van der Waals surface area contributed by atoms with Crippen molar-refractivity contribution in [3.8, 4) is 17.0 Å². The summed E-state index contributed by atoms with van der Waals surface area (Å²) in [4.78, 5) is 8.12. The molecule has 2 aromatic rings. The van der Waals surface area contributed by atoms with Gasteiger partial charge in [-0.05, 0) is 19.1 Å². The maximum atomic E-state index is 5.40. The monoisotopic (exact) mass is 243 g/mol. The van der Waals surface area contributed by atoms with Crippen LogP contribution < -0.4 is 10.1 Å². The Kier molecular flexibility index (Phi) is 2.80. The molecular formula is C14H17N3O. The molecule has 18 heavy (non-hydrogen) atoms. The average Bonchev–Trinajstić information content (AvgIpc) is 2.68. The van der Waals surface area contributed by atoms with E-state index >= 15 is 0 Å². The van der Waals surface area contributed by atoms with Crippen molar-refractivity contribution in [1.29, 1.82) is 0 Å². The number of aromatic amines is 1. The molecular weight excluding hydrogens is 226 g/mol. The summed E-state index contributed by atoms with van der Waals surface area (Å²) >= 11 is 0. The molecule has 0 radical (unpaired) electrons. The Morgan fingerprint density at radius 2 is 2.06 bits per heavy atom. The molecule has 0 atom stereocenters. The fourth-order valence-corrected chi connectivity index (χ4v) is 2.26. The Hall–Kier alpha value is -1.81. The zero-order valence-corrected chi connectivity index (χ0v) is 10.7. The third-order valence-corrected chi connectivity index (χ3v) is 3.43. The molecule has 1 aromatic carbocycles. The minimum atomic E-state index is 0.521.